The van der Waals surface area contributed by atoms with Gasteiger partial charge in [0, 0.05) is 0 Å². The molecular weight excluding hydrogens is 252 g/mol. The Kier molecular flexibility index (Phi) is 2.16. The number of benzene rings is 1. The van der Waals surface area contributed by atoms with Crippen molar-refractivity contribution in [2.24, 2.45) is 15.7 Å². The van der Waals surface area contributed by atoms with Crippen molar-refractivity contribution in [2.45, 2.75) is 5.66 Å². The van der Waals surface area contributed by atoms with E-state index in [0.29, 0.717) is 11.7 Å². The lowest BCUT2D eigenvalue weighted by Gasteiger charge is -2.29. The van der Waals surface area contributed by atoms with Crippen LogP contribution in [0.15, 0.2) is 58.2 Å². The van der Waals surface area contributed by atoms with Gasteiger partial charge in [0.1, 0.15) is 12.1 Å². The van der Waals surface area contributed by atoms with Crippen molar-refractivity contribution in [1.29, 1.82) is 0 Å². The number of nitrogens with one attached hydrogen (secondary N) is 2. The summed E-state index contributed by atoms with van der Waals surface area (Å²) in [5.41, 5.74) is 8.80. The van der Waals surface area contributed by atoms with Crippen LogP contribution in [0.2, 0.25) is 0 Å². The van der Waals surface area contributed by atoms with Gasteiger partial charge in [0.15, 0.2) is 5.66 Å². The van der Waals surface area contributed by atoms with Crippen molar-refractivity contribution in [2.75, 3.05) is 5.32 Å². The molecule has 2 heterocycles. The molecule has 6 nitrogen and oxygen atoms in total. The number of aliphatic imine (C=N–C) groups is 2. The molecule has 0 spiro atoms. The topological polar surface area (TPSA) is 91.4 Å². The molecule has 0 radical (unpaired) electrons. The van der Waals surface area contributed by atoms with Gasteiger partial charge < -0.3 is 16.0 Å². The molecule has 98 valence electrons. The minimum atomic E-state index is -0.908. The van der Waals surface area contributed by atoms with E-state index >= 15 is 0 Å². The SMILES string of the molecule is NC1(Nc2nc3ccccc3[nH]2)C=CC=C2N=CN=C21. The van der Waals surface area contributed by atoms with Crippen LogP contribution < -0.4 is 11.1 Å². The molecule has 0 amide bonds. The third kappa shape index (κ3) is 1.59. The predicted octanol–water partition coefficient (Wildman–Crippen LogP) is 1.57. The second-order valence-corrected chi connectivity index (χ2v) is 4.73. The molecular formula is C14H12N6. The summed E-state index contributed by atoms with van der Waals surface area (Å²) in [5, 5.41) is 3.19. The molecule has 0 bridgehead atoms. The summed E-state index contributed by atoms with van der Waals surface area (Å²) in [7, 11) is 0. The van der Waals surface area contributed by atoms with Crippen molar-refractivity contribution in [3.63, 3.8) is 0 Å². The van der Waals surface area contributed by atoms with Crippen molar-refractivity contribution in [3.05, 3.63) is 48.2 Å². The van der Waals surface area contributed by atoms with Gasteiger partial charge in [0.05, 0.1) is 16.7 Å². The lowest BCUT2D eigenvalue weighted by Crippen LogP contribution is -2.54. The Morgan fingerprint density at radius 1 is 1.25 bits per heavy atom. The number of hydrogen-bond donors (Lipinski definition) is 3. The fourth-order valence-electron chi connectivity index (χ4n) is 2.40. The van der Waals surface area contributed by atoms with Crippen LogP contribution in [-0.2, 0) is 0 Å². The first-order valence-electron chi connectivity index (χ1n) is 6.27. The van der Waals surface area contributed by atoms with Gasteiger partial charge >= 0.3 is 0 Å². The zero-order chi connectivity index (χ0) is 13.6. The number of aromatic amines is 1. The first-order valence-corrected chi connectivity index (χ1v) is 6.27. The Morgan fingerprint density at radius 3 is 3.05 bits per heavy atom. The maximum Gasteiger partial charge on any atom is 0.203 e. The summed E-state index contributed by atoms with van der Waals surface area (Å²) >= 11 is 0. The number of nitrogens with zero attached hydrogens (tertiary/aromatic N) is 3. The lowest BCUT2D eigenvalue weighted by molar-refractivity contribution is 0.786. The van der Waals surface area contributed by atoms with Gasteiger partial charge in [-0.05, 0) is 24.3 Å². The number of para-hydroxylation sites is 2. The molecule has 4 N–H and O–H groups in total. The largest absolute Gasteiger partial charge is 0.329 e. The van der Waals surface area contributed by atoms with Crippen LogP contribution in [0.5, 0.6) is 0 Å². The van der Waals surface area contributed by atoms with Gasteiger partial charge in [0.2, 0.25) is 5.95 Å². The van der Waals surface area contributed by atoms with E-state index in [-0.39, 0.29) is 0 Å². The van der Waals surface area contributed by atoms with Gasteiger partial charge in [-0.15, -0.1) is 0 Å². The first kappa shape index (κ1) is 11.1. The third-order valence-electron chi connectivity index (χ3n) is 3.35. The van der Waals surface area contributed by atoms with Crippen LogP contribution in [0, 0.1) is 0 Å². The van der Waals surface area contributed by atoms with E-state index < -0.39 is 5.66 Å². The molecule has 2 aliphatic rings. The second kappa shape index (κ2) is 3.88. The average Bonchev–Trinajstić information content (AvgIpc) is 3.04. The Balaban J connectivity index is 1.71. The van der Waals surface area contributed by atoms with E-state index in [4.69, 9.17) is 5.73 Å². The Labute approximate surface area is 114 Å². The fraction of sp³-hybridized carbons (Fsp3) is 0.0714. The minimum Gasteiger partial charge on any atom is -0.329 e. The monoisotopic (exact) mass is 264 g/mol. The average molecular weight is 264 g/mol. The minimum absolute atomic E-state index is 0.606. The molecule has 1 unspecified atom stereocenters. The zero-order valence-corrected chi connectivity index (χ0v) is 10.5. The van der Waals surface area contributed by atoms with E-state index in [1.54, 1.807) is 0 Å². The van der Waals surface area contributed by atoms with Crippen molar-refractivity contribution in [1.82, 2.24) is 9.97 Å². The number of aromatic nitrogens is 2. The summed E-state index contributed by atoms with van der Waals surface area (Å²) in [6.07, 6.45) is 7.10. The molecule has 1 aromatic heterocycles. The van der Waals surface area contributed by atoms with E-state index in [0.717, 1.165) is 16.7 Å². The number of fused-ring (bicyclic) bond motifs is 2. The van der Waals surface area contributed by atoms with Crippen molar-refractivity contribution >= 4 is 29.0 Å². The standard InChI is InChI=1S/C14H12N6/c15-14(7-3-6-11-12(14)17-8-16-11)20-13-18-9-4-1-2-5-10(9)19-13/h1-8H,15H2,(H2,18,19,20). The summed E-state index contributed by atoms with van der Waals surface area (Å²) in [4.78, 5) is 16.1. The van der Waals surface area contributed by atoms with Gasteiger partial charge in [-0.25, -0.2) is 15.0 Å². The highest BCUT2D eigenvalue weighted by molar-refractivity contribution is 6.16. The molecule has 6 heteroatoms. The number of imidazole rings is 1. The summed E-state index contributed by atoms with van der Waals surface area (Å²) in [6.45, 7) is 0. The molecule has 0 saturated carbocycles. The lowest BCUT2D eigenvalue weighted by atomic mass is 9.97. The Bertz CT molecular complexity index is 777. The number of H-pyrrole nitrogens is 1. The van der Waals surface area contributed by atoms with Crippen molar-refractivity contribution < 1.29 is 0 Å². The maximum absolute atomic E-state index is 6.39. The van der Waals surface area contributed by atoms with Gasteiger partial charge in [-0.3, -0.25) is 0 Å². The highest BCUT2D eigenvalue weighted by Crippen LogP contribution is 2.24. The van der Waals surface area contributed by atoms with Crippen molar-refractivity contribution in [3.8, 4) is 0 Å². The molecule has 4 rings (SSSR count). The number of anilines is 1. The van der Waals surface area contributed by atoms with Crippen LogP contribution in [0.3, 0.4) is 0 Å². The predicted molar refractivity (Wildman–Crippen MR) is 79.8 cm³/mol. The van der Waals surface area contributed by atoms with E-state index in [9.17, 15) is 0 Å². The number of rotatable bonds is 2. The summed E-state index contributed by atoms with van der Waals surface area (Å²) < 4.78 is 0. The van der Waals surface area contributed by atoms with Crippen LogP contribution >= 0.6 is 0 Å². The second-order valence-electron chi connectivity index (χ2n) is 4.73. The zero-order valence-electron chi connectivity index (χ0n) is 10.5. The molecule has 1 atom stereocenters. The normalized spacial score (nSPS) is 23.6. The summed E-state index contributed by atoms with van der Waals surface area (Å²) in [5.74, 6) is 0.606. The van der Waals surface area contributed by atoms with E-state index in [1.807, 2.05) is 42.5 Å². The van der Waals surface area contributed by atoms with E-state index in [2.05, 4.69) is 25.3 Å². The number of hydrogen-bond acceptors (Lipinski definition) is 5. The highest BCUT2D eigenvalue weighted by Gasteiger charge is 2.35. The molecule has 0 saturated heterocycles. The Hall–Kier alpha value is -2.73. The molecule has 0 fully saturated rings. The van der Waals surface area contributed by atoms with Gasteiger partial charge in [-0.2, -0.15) is 0 Å². The van der Waals surface area contributed by atoms with Crippen LogP contribution in [0.4, 0.5) is 5.95 Å². The van der Waals surface area contributed by atoms with Crippen LogP contribution in [0.1, 0.15) is 0 Å². The highest BCUT2D eigenvalue weighted by atomic mass is 15.2. The van der Waals surface area contributed by atoms with Crippen LogP contribution in [-0.4, -0.2) is 27.7 Å². The molecule has 1 aromatic carbocycles. The maximum atomic E-state index is 6.39. The van der Waals surface area contributed by atoms with Gasteiger partial charge in [0.25, 0.3) is 0 Å². The molecule has 1 aliphatic heterocycles. The molecule has 2 aromatic rings. The third-order valence-corrected chi connectivity index (χ3v) is 3.35. The quantitative estimate of drug-likeness (QED) is 0.719. The van der Waals surface area contributed by atoms with E-state index in [1.165, 1.54) is 6.34 Å². The fourth-order valence-corrected chi connectivity index (χ4v) is 2.40. The Morgan fingerprint density at radius 2 is 2.15 bits per heavy atom. The number of allylic oxidation sites excluding steroid dienone is 2. The summed E-state index contributed by atoms with van der Waals surface area (Å²) in [6, 6.07) is 7.81. The van der Waals surface area contributed by atoms with Crippen LogP contribution in [0.25, 0.3) is 11.0 Å². The van der Waals surface area contributed by atoms with Gasteiger partial charge in [-0.1, -0.05) is 18.2 Å². The smallest absolute Gasteiger partial charge is 0.203 e. The first-order chi connectivity index (χ1) is 9.74. The number of nitrogens with two attached hydrogens (primary N) is 1. The molecule has 20 heavy (non-hydrogen) atoms. The molecule has 1 aliphatic carbocycles.